The molecule has 0 amide bonds. The number of hydrogen-bond acceptors (Lipinski definition) is 46. The Hall–Kier alpha value is -1.84. The number of nitrogens with zero attached hydrogens (tertiary/aromatic N) is 22. The lowest BCUT2D eigenvalue weighted by atomic mass is 11.4. The lowest BCUT2D eigenvalue weighted by molar-refractivity contribution is -0.701. The van der Waals surface area contributed by atoms with E-state index in [9.17, 15) is 0 Å². The maximum absolute atomic E-state index is 5.77. The second-order valence-corrected chi connectivity index (χ2v) is 7.24. The standard InChI is InChI=1S/H48N46/c1-25(2)37(26(3)4)43(38(27(5)6)28(7)8)46(44(39(29(9)10)30(11)12)40(31(13)14)32(15)16)45(41(33(17)18)34(19)20)42(35(21)22)36(23)24/h1-24H2. The van der Waals surface area contributed by atoms with Crippen LogP contribution in [0.3, 0.4) is 0 Å². The molecule has 46 nitrogen and oxygen atoms in total. The quantitative estimate of drug-likeness (QED) is 0.0392. The Morgan fingerprint density at radius 2 is 0.174 bits per heavy atom. The van der Waals surface area contributed by atoms with Crippen molar-refractivity contribution < 1.29 is 0 Å². The van der Waals surface area contributed by atoms with Gasteiger partial charge in [-0.2, -0.15) is 0 Å². The number of hydrazine groups is 45. The molecule has 0 bridgehead atoms. The van der Waals surface area contributed by atoms with Crippen LogP contribution in [0.4, 0.5) is 0 Å². The highest BCUT2D eigenvalue weighted by Crippen LogP contribution is 2.23. The van der Waals surface area contributed by atoms with Crippen LogP contribution in [0.5, 0.6) is 0 Å². The third-order valence-corrected chi connectivity index (χ3v) is 3.92. The summed E-state index contributed by atoms with van der Waals surface area (Å²) in [7, 11) is 0. The minimum absolute atomic E-state index is 0.0278. The van der Waals surface area contributed by atoms with Crippen LogP contribution in [-0.2, 0) is 0 Å². The van der Waals surface area contributed by atoms with E-state index in [2.05, 4.69) is 0 Å². The molecule has 0 saturated carbocycles. The van der Waals surface area contributed by atoms with Crippen molar-refractivity contribution in [1.29, 1.82) is 0 Å². The second kappa shape index (κ2) is 18.6. The molecule has 0 aliphatic rings. The Labute approximate surface area is 256 Å². The van der Waals surface area contributed by atoms with Crippen molar-refractivity contribution in [2.45, 2.75) is 0 Å². The lowest BCUT2D eigenvalue weighted by Crippen LogP contribution is -2.94. The molecule has 278 valence electrons. The van der Waals surface area contributed by atoms with Crippen LogP contribution in [0, 0.1) is 0 Å². The zero-order valence-corrected chi connectivity index (χ0v) is 23.7. The van der Waals surface area contributed by atoms with Crippen LogP contribution in [0.2, 0.25) is 0 Å². The maximum Gasteiger partial charge on any atom is -0.0000396 e. The van der Waals surface area contributed by atoms with Crippen molar-refractivity contribution in [3.63, 3.8) is 0 Å². The van der Waals surface area contributed by atoms with E-state index in [1.54, 1.807) is 0 Å². The summed E-state index contributed by atoms with van der Waals surface area (Å²) >= 11 is 0. The van der Waals surface area contributed by atoms with E-state index in [-0.39, 0.29) is 115 Å². The van der Waals surface area contributed by atoms with Crippen molar-refractivity contribution in [2.24, 2.45) is 140 Å². The normalized spacial score (nSPS) is 14.5. The molecule has 0 aliphatic heterocycles. The smallest absolute Gasteiger partial charge is 0.0000396 e. The van der Waals surface area contributed by atoms with E-state index >= 15 is 0 Å². The van der Waals surface area contributed by atoms with Gasteiger partial charge in [-0.1, -0.05) is 62.7 Å². The van der Waals surface area contributed by atoms with E-state index in [1.165, 1.54) is 0 Å². The van der Waals surface area contributed by atoms with Gasteiger partial charge in [0.25, 0.3) is 0 Å². The molecule has 0 aromatic heterocycles. The number of rotatable bonds is 21. The third kappa shape index (κ3) is 10.6. The van der Waals surface area contributed by atoms with Gasteiger partial charge in [-0.15, -0.1) is 0 Å². The fourth-order valence-electron chi connectivity index (χ4n) is 2.68. The highest BCUT2D eigenvalue weighted by molar-refractivity contribution is 4.46. The van der Waals surface area contributed by atoms with Gasteiger partial charge in [-0.25, -0.2) is 140 Å². The SMILES string of the molecule is NN(N)N(N(N)N)N(N(N(N)N)N(N)N)N(N(N(N(N)N)N(N)N)N(N(N)N)N(N)N)N(N(N(N)N)N(N)N)N(N(N)N)N(N)N. The summed E-state index contributed by atoms with van der Waals surface area (Å²) in [5.74, 6) is 138. The van der Waals surface area contributed by atoms with E-state index in [4.69, 9.17) is 140 Å². The molecule has 0 unspecified atom stereocenters. The fourth-order valence-corrected chi connectivity index (χ4v) is 2.68. The Morgan fingerprint density at radius 3 is 0.239 bits per heavy atom. The summed E-state index contributed by atoms with van der Waals surface area (Å²) < 4.78 is 0. The molecule has 0 radical (unpaired) electrons. The van der Waals surface area contributed by atoms with Gasteiger partial charge in [-0.3, -0.25) is 0 Å². The highest BCUT2D eigenvalue weighted by Gasteiger charge is 2.55. The number of nitrogens with two attached hydrogens (primary N) is 24. The van der Waals surface area contributed by atoms with Crippen LogP contribution in [0.1, 0.15) is 0 Å². The van der Waals surface area contributed by atoms with E-state index in [0.29, 0.717) is 0 Å². The molecular formula is H48N46. The van der Waals surface area contributed by atoms with Gasteiger partial charge in [0.15, 0.2) is 0 Å². The van der Waals surface area contributed by atoms with E-state index in [0.717, 1.165) is 0 Å². The van der Waals surface area contributed by atoms with Crippen molar-refractivity contribution >= 4 is 0 Å². The Morgan fingerprint density at radius 1 is 0.109 bits per heavy atom. The van der Waals surface area contributed by atoms with E-state index < -0.39 is 0 Å². The van der Waals surface area contributed by atoms with Crippen LogP contribution < -0.4 is 140 Å². The molecule has 0 atom stereocenters. The van der Waals surface area contributed by atoms with E-state index in [1.807, 2.05) is 0 Å². The molecule has 0 saturated heterocycles. The Balaban J connectivity index is 9.13. The van der Waals surface area contributed by atoms with Gasteiger partial charge in [0.1, 0.15) is 0 Å². The molecule has 46 heteroatoms. The van der Waals surface area contributed by atoms with Gasteiger partial charge in [0.05, 0.1) is 0 Å². The zero-order valence-electron chi connectivity index (χ0n) is 23.7. The first-order valence-corrected chi connectivity index (χ1v) is 10.4. The van der Waals surface area contributed by atoms with Gasteiger partial charge >= 0.3 is 0 Å². The van der Waals surface area contributed by atoms with Crippen LogP contribution in [0.15, 0.2) is 0 Å². The van der Waals surface area contributed by atoms with Gasteiger partial charge in [0, 0.05) is 0 Å². The van der Waals surface area contributed by atoms with Crippen molar-refractivity contribution in [3.05, 3.63) is 0 Å². The van der Waals surface area contributed by atoms with Crippen LogP contribution >= 0.6 is 0 Å². The molecule has 0 fully saturated rings. The summed E-state index contributed by atoms with van der Waals surface area (Å²) in [6.45, 7) is 0. The fraction of sp³-hybridized carbons (Fsp3) is 0. The molecule has 0 rings (SSSR count). The first-order chi connectivity index (χ1) is 20.9. The molecule has 48 N–H and O–H groups in total. The first kappa shape index (κ1) is 44.2. The summed E-state index contributed by atoms with van der Waals surface area (Å²) in [6, 6.07) is 0. The molecule has 0 aliphatic carbocycles. The van der Waals surface area contributed by atoms with Gasteiger partial charge in [-0.05, 0) is 52.3 Å². The predicted octanol–water partition coefficient (Wildman–Crippen LogP) is -21.2. The zero-order chi connectivity index (χ0) is 36.7. The third-order valence-electron chi connectivity index (χ3n) is 3.92. The molecule has 0 heterocycles. The minimum atomic E-state index is 0.0278. The van der Waals surface area contributed by atoms with Crippen molar-refractivity contribution in [1.82, 2.24) is 115 Å². The summed E-state index contributed by atoms with van der Waals surface area (Å²) in [5.41, 5.74) is 0. The van der Waals surface area contributed by atoms with Crippen LogP contribution in [0.25, 0.3) is 0 Å². The Kier molecular flexibility index (Phi) is 17.9. The number of hydrogen-bond donors (Lipinski definition) is 24. The second-order valence-electron chi connectivity index (χ2n) is 7.24. The molecule has 0 aromatic carbocycles. The van der Waals surface area contributed by atoms with Crippen LogP contribution in [-0.4, -0.2) is 115 Å². The monoisotopic (exact) mass is 693 g/mol. The summed E-state index contributed by atoms with van der Waals surface area (Å²) in [5, 5.41) is 1.57. The topological polar surface area (TPSA) is 696 Å². The summed E-state index contributed by atoms with van der Waals surface area (Å²) in [4.78, 5) is 0. The van der Waals surface area contributed by atoms with Crippen molar-refractivity contribution in [3.8, 4) is 0 Å². The average Bonchev–Trinajstić information content (AvgIpc) is 2.81. The highest BCUT2D eigenvalue weighted by atomic mass is 16.6. The average molecular weight is 693 g/mol. The van der Waals surface area contributed by atoms with Gasteiger partial charge < -0.3 is 0 Å². The molecule has 0 aromatic rings. The Bertz CT molecular complexity index is 561. The molecule has 0 spiro atoms. The van der Waals surface area contributed by atoms with Gasteiger partial charge in [0.2, 0.25) is 0 Å². The largest absolute Gasteiger partial charge is 0.238 e. The molecule has 46 heavy (non-hydrogen) atoms. The van der Waals surface area contributed by atoms with Crippen molar-refractivity contribution in [2.75, 3.05) is 0 Å². The first-order valence-electron chi connectivity index (χ1n) is 10.4. The predicted molar refractivity (Wildman–Crippen MR) is 141 cm³/mol. The maximum atomic E-state index is 5.77. The summed E-state index contributed by atoms with van der Waals surface area (Å²) in [6.07, 6.45) is 0. The minimum Gasteiger partial charge on any atom is -0.238 e. The lowest BCUT2D eigenvalue weighted by Gasteiger charge is -2.60. The molecular weight excluding hydrogens is 644 g/mol.